The summed E-state index contributed by atoms with van der Waals surface area (Å²) in [5.41, 5.74) is 2.31. The Morgan fingerprint density at radius 1 is 1.19 bits per heavy atom. The maximum Gasteiger partial charge on any atom is 0.184 e. The number of carbonyl (C=O) groups is 1. The third-order valence-electron chi connectivity index (χ3n) is 3.49. The van der Waals surface area contributed by atoms with Crippen LogP contribution >= 0.6 is 0 Å². The van der Waals surface area contributed by atoms with E-state index in [1.807, 2.05) is 18.2 Å². The lowest BCUT2D eigenvalue weighted by atomic mass is 9.91. The number of methoxy groups -OCH3 is 1. The molecule has 106 valence electrons. The highest BCUT2D eigenvalue weighted by Crippen LogP contribution is 2.28. The summed E-state index contributed by atoms with van der Waals surface area (Å²) in [4.78, 5) is 12.6. The van der Waals surface area contributed by atoms with Crippen LogP contribution in [0.1, 0.15) is 34.3 Å². The van der Waals surface area contributed by atoms with Crippen LogP contribution in [0, 0.1) is 11.3 Å². The molecule has 0 saturated carbocycles. The minimum atomic E-state index is -0.853. The van der Waals surface area contributed by atoms with Crippen molar-refractivity contribution in [1.29, 1.82) is 5.26 Å². The number of hydrogen-bond acceptors (Lipinski definition) is 3. The van der Waals surface area contributed by atoms with Gasteiger partial charge in [-0.15, -0.1) is 0 Å². The molecule has 1 atom stereocenters. The quantitative estimate of drug-likeness (QED) is 0.783. The number of rotatable bonds is 5. The third-order valence-corrected chi connectivity index (χ3v) is 3.49. The molecule has 1 unspecified atom stereocenters. The van der Waals surface area contributed by atoms with Gasteiger partial charge in [-0.25, -0.2) is 0 Å². The van der Waals surface area contributed by atoms with E-state index >= 15 is 0 Å². The summed E-state index contributed by atoms with van der Waals surface area (Å²) in [5, 5.41) is 9.41. The Kier molecular flexibility index (Phi) is 4.73. The van der Waals surface area contributed by atoms with Gasteiger partial charge in [0.25, 0.3) is 0 Å². The Balaban J connectivity index is 2.36. The lowest BCUT2D eigenvalue weighted by Gasteiger charge is -2.13. The van der Waals surface area contributed by atoms with Gasteiger partial charge in [-0.1, -0.05) is 49.4 Å². The Labute approximate surface area is 124 Å². The SMILES string of the molecule is CCc1ccc(C(=O)C(C#N)c2ccccc2OC)cc1. The molecule has 0 saturated heterocycles. The summed E-state index contributed by atoms with van der Waals surface area (Å²) in [6.45, 7) is 2.06. The topological polar surface area (TPSA) is 50.1 Å². The summed E-state index contributed by atoms with van der Waals surface area (Å²) < 4.78 is 5.25. The van der Waals surface area contributed by atoms with Crippen LogP contribution in [0.2, 0.25) is 0 Å². The van der Waals surface area contributed by atoms with Crippen LogP contribution in [-0.4, -0.2) is 12.9 Å². The number of ketones is 1. The van der Waals surface area contributed by atoms with Gasteiger partial charge in [0.1, 0.15) is 11.7 Å². The smallest absolute Gasteiger partial charge is 0.184 e. The lowest BCUT2D eigenvalue weighted by Crippen LogP contribution is -2.12. The molecule has 2 aromatic carbocycles. The number of ether oxygens (including phenoxy) is 1. The zero-order valence-corrected chi connectivity index (χ0v) is 12.2. The number of nitriles is 1. The van der Waals surface area contributed by atoms with Gasteiger partial charge in [0.2, 0.25) is 0 Å². The molecule has 0 radical (unpaired) electrons. The van der Waals surface area contributed by atoms with E-state index in [4.69, 9.17) is 4.74 Å². The maximum absolute atomic E-state index is 12.6. The van der Waals surface area contributed by atoms with E-state index in [1.165, 1.54) is 7.11 Å². The summed E-state index contributed by atoms with van der Waals surface area (Å²) in [6.07, 6.45) is 0.919. The number of para-hydroxylation sites is 1. The molecule has 0 aliphatic rings. The molecule has 3 nitrogen and oxygen atoms in total. The molecule has 2 rings (SSSR count). The van der Waals surface area contributed by atoms with E-state index in [-0.39, 0.29) is 5.78 Å². The fraction of sp³-hybridized carbons (Fsp3) is 0.222. The monoisotopic (exact) mass is 279 g/mol. The number of Topliss-reactive ketones (excluding diaryl/α,β-unsaturated/α-hetero) is 1. The third kappa shape index (κ3) is 3.11. The van der Waals surface area contributed by atoms with Crippen molar-refractivity contribution in [3.05, 3.63) is 65.2 Å². The first-order chi connectivity index (χ1) is 10.2. The molecule has 21 heavy (non-hydrogen) atoms. The first-order valence-electron chi connectivity index (χ1n) is 6.87. The van der Waals surface area contributed by atoms with Crippen LogP contribution in [0.25, 0.3) is 0 Å². The molecular formula is C18H17NO2. The highest BCUT2D eigenvalue weighted by Gasteiger charge is 2.24. The summed E-state index contributed by atoms with van der Waals surface area (Å²) in [6, 6.07) is 16.6. The number of benzene rings is 2. The number of nitrogens with zero attached hydrogens (tertiary/aromatic N) is 1. The van der Waals surface area contributed by atoms with Crippen molar-refractivity contribution in [2.75, 3.05) is 7.11 Å². The van der Waals surface area contributed by atoms with Crippen molar-refractivity contribution in [1.82, 2.24) is 0 Å². The molecule has 0 amide bonds. The largest absolute Gasteiger partial charge is 0.496 e. The second-order valence-corrected chi connectivity index (χ2v) is 4.72. The first-order valence-corrected chi connectivity index (χ1v) is 6.87. The zero-order chi connectivity index (χ0) is 15.2. The Hall–Kier alpha value is -2.60. The predicted molar refractivity (Wildman–Crippen MR) is 81.5 cm³/mol. The molecule has 0 N–H and O–H groups in total. The van der Waals surface area contributed by atoms with Crippen LogP contribution in [0.3, 0.4) is 0 Å². The van der Waals surface area contributed by atoms with Crippen molar-refractivity contribution in [3.63, 3.8) is 0 Å². The van der Waals surface area contributed by atoms with E-state index in [0.717, 1.165) is 12.0 Å². The van der Waals surface area contributed by atoms with Crippen molar-refractivity contribution in [2.45, 2.75) is 19.3 Å². The molecule has 0 aliphatic carbocycles. The lowest BCUT2D eigenvalue weighted by molar-refractivity contribution is 0.0978. The van der Waals surface area contributed by atoms with E-state index < -0.39 is 5.92 Å². The molecule has 0 heterocycles. The average molecular weight is 279 g/mol. The van der Waals surface area contributed by atoms with Gasteiger partial charge in [-0.2, -0.15) is 5.26 Å². The van der Waals surface area contributed by atoms with E-state index in [2.05, 4.69) is 13.0 Å². The Morgan fingerprint density at radius 3 is 2.43 bits per heavy atom. The predicted octanol–water partition coefficient (Wildman–Crippen LogP) is 3.75. The number of hydrogen-bond donors (Lipinski definition) is 0. The summed E-state index contributed by atoms with van der Waals surface area (Å²) >= 11 is 0. The Bertz CT molecular complexity index is 668. The summed E-state index contributed by atoms with van der Waals surface area (Å²) in [7, 11) is 1.54. The molecule has 0 spiro atoms. The molecule has 0 bridgehead atoms. The highest BCUT2D eigenvalue weighted by atomic mass is 16.5. The van der Waals surface area contributed by atoms with Crippen LogP contribution < -0.4 is 4.74 Å². The van der Waals surface area contributed by atoms with Crippen molar-refractivity contribution < 1.29 is 9.53 Å². The first kappa shape index (κ1) is 14.8. The molecule has 2 aromatic rings. The van der Waals surface area contributed by atoms with Crippen molar-refractivity contribution in [2.24, 2.45) is 0 Å². The molecule has 0 aromatic heterocycles. The van der Waals surface area contributed by atoms with Gasteiger partial charge in [0.15, 0.2) is 5.78 Å². The highest BCUT2D eigenvalue weighted by molar-refractivity contribution is 6.03. The van der Waals surface area contributed by atoms with E-state index in [0.29, 0.717) is 16.9 Å². The van der Waals surface area contributed by atoms with Gasteiger partial charge in [-0.05, 0) is 18.1 Å². The zero-order valence-electron chi connectivity index (χ0n) is 12.2. The molecule has 0 aliphatic heterocycles. The van der Waals surface area contributed by atoms with E-state index in [1.54, 1.807) is 30.3 Å². The van der Waals surface area contributed by atoms with Crippen LogP contribution in [0.15, 0.2) is 48.5 Å². The maximum atomic E-state index is 12.6. The fourth-order valence-corrected chi connectivity index (χ4v) is 2.25. The van der Waals surface area contributed by atoms with Crippen LogP contribution in [0.4, 0.5) is 0 Å². The van der Waals surface area contributed by atoms with Crippen molar-refractivity contribution in [3.8, 4) is 11.8 Å². The van der Waals surface area contributed by atoms with Gasteiger partial charge in [0.05, 0.1) is 13.2 Å². The minimum absolute atomic E-state index is 0.204. The molecular weight excluding hydrogens is 262 g/mol. The molecule has 3 heteroatoms. The number of aryl methyl sites for hydroxylation is 1. The second kappa shape index (κ2) is 6.71. The summed E-state index contributed by atoms with van der Waals surface area (Å²) in [5.74, 6) is -0.499. The van der Waals surface area contributed by atoms with Gasteiger partial charge < -0.3 is 4.74 Å². The minimum Gasteiger partial charge on any atom is -0.496 e. The van der Waals surface area contributed by atoms with Gasteiger partial charge >= 0.3 is 0 Å². The Morgan fingerprint density at radius 2 is 1.86 bits per heavy atom. The van der Waals surface area contributed by atoms with Gasteiger partial charge in [-0.3, -0.25) is 4.79 Å². The van der Waals surface area contributed by atoms with Crippen LogP contribution in [0.5, 0.6) is 5.75 Å². The second-order valence-electron chi connectivity index (χ2n) is 4.72. The van der Waals surface area contributed by atoms with Crippen molar-refractivity contribution >= 4 is 5.78 Å². The molecule has 0 fully saturated rings. The normalized spacial score (nSPS) is 11.5. The standard InChI is InChI=1S/C18H17NO2/c1-3-13-8-10-14(11-9-13)18(20)16(12-19)15-6-4-5-7-17(15)21-2/h4-11,16H,3H2,1-2H3. The fourth-order valence-electron chi connectivity index (χ4n) is 2.25. The van der Waals surface area contributed by atoms with Gasteiger partial charge in [0, 0.05) is 11.1 Å². The number of carbonyl (C=O) groups excluding carboxylic acids is 1. The van der Waals surface area contributed by atoms with Crippen LogP contribution in [-0.2, 0) is 6.42 Å². The average Bonchev–Trinajstić information content (AvgIpc) is 2.56. The van der Waals surface area contributed by atoms with E-state index in [9.17, 15) is 10.1 Å².